The average Bonchev–Trinajstić information content (AvgIpc) is 2.43. The van der Waals surface area contributed by atoms with Gasteiger partial charge in [-0.2, -0.15) is 0 Å². The van der Waals surface area contributed by atoms with Gasteiger partial charge in [0.1, 0.15) is 5.15 Å². The number of hydrogen-bond donors (Lipinski definition) is 1. The van der Waals surface area contributed by atoms with Crippen molar-refractivity contribution in [3.8, 4) is 0 Å². The van der Waals surface area contributed by atoms with Gasteiger partial charge in [0.2, 0.25) is 0 Å². The number of halogens is 2. The maximum absolute atomic E-state index is 12.2. The number of pyridine rings is 1. The van der Waals surface area contributed by atoms with Crippen LogP contribution < -0.4 is 5.32 Å². The Morgan fingerprint density at radius 2 is 2.16 bits per heavy atom. The van der Waals surface area contributed by atoms with E-state index in [0.29, 0.717) is 20.9 Å². The molecule has 1 N–H and O–H groups in total. The van der Waals surface area contributed by atoms with E-state index >= 15 is 0 Å². The third kappa shape index (κ3) is 3.49. The van der Waals surface area contributed by atoms with Crippen LogP contribution in [-0.2, 0) is 0 Å². The number of nitrogens with zero attached hydrogens (tertiary/aromatic N) is 1. The number of rotatable bonds is 3. The maximum atomic E-state index is 12.2. The highest BCUT2D eigenvalue weighted by molar-refractivity contribution is 9.10. The summed E-state index contributed by atoms with van der Waals surface area (Å²) in [6, 6.07) is 9.16. The Labute approximate surface area is 128 Å². The number of nitrogens with one attached hydrogen (secondary N) is 1. The Morgan fingerprint density at radius 1 is 1.42 bits per heavy atom. The largest absolute Gasteiger partial charge is 0.321 e. The van der Waals surface area contributed by atoms with Gasteiger partial charge in [-0.05, 0) is 40.4 Å². The summed E-state index contributed by atoms with van der Waals surface area (Å²) in [4.78, 5) is 17.1. The van der Waals surface area contributed by atoms with Crippen molar-refractivity contribution in [2.45, 2.75) is 4.90 Å². The molecule has 1 amide bonds. The SMILES string of the molecule is CSc1ccccc1C(=O)Nc1cnc(Cl)c(Br)c1. The minimum atomic E-state index is -0.166. The molecule has 19 heavy (non-hydrogen) atoms. The van der Waals surface area contributed by atoms with Crippen molar-refractivity contribution in [3.05, 3.63) is 51.7 Å². The lowest BCUT2D eigenvalue weighted by molar-refractivity contribution is 0.102. The molecule has 3 nitrogen and oxygen atoms in total. The van der Waals surface area contributed by atoms with Gasteiger partial charge in [-0.15, -0.1) is 11.8 Å². The second-order valence-corrected chi connectivity index (χ2v) is 5.71. The molecule has 0 aliphatic heterocycles. The zero-order valence-electron chi connectivity index (χ0n) is 9.98. The van der Waals surface area contributed by atoms with Gasteiger partial charge in [0.15, 0.2) is 0 Å². The second-order valence-electron chi connectivity index (χ2n) is 3.65. The number of anilines is 1. The Kier molecular flexibility index (Phi) is 4.85. The fourth-order valence-corrected chi connectivity index (χ4v) is 2.57. The molecule has 0 saturated heterocycles. The van der Waals surface area contributed by atoms with Crippen LogP contribution in [0.4, 0.5) is 5.69 Å². The van der Waals surface area contributed by atoms with Gasteiger partial charge in [-0.1, -0.05) is 23.7 Å². The molecule has 98 valence electrons. The van der Waals surface area contributed by atoms with Gasteiger partial charge < -0.3 is 5.32 Å². The first-order valence-corrected chi connectivity index (χ1v) is 7.77. The Hall–Kier alpha value is -1.04. The summed E-state index contributed by atoms with van der Waals surface area (Å²) in [6.45, 7) is 0. The van der Waals surface area contributed by atoms with Crippen LogP contribution in [0.5, 0.6) is 0 Å². The highest BCUT2D eigenvalue weighted by atomic mass is 79.9. The number of amides is 1. The van der Waals surface area contributed by atoms with Crippen LogP contribution in [0.2, 0.25) is 5.15 Å². The van der Waals surface area contributed by atoms with Crippen molar-refractivity contribution in [1.82, 2.24) is 4.98 Å². The molecule has 0 unspecified atom stereocenters. The third-order valence-corrected chi connectivity index (χ3v) is 4.34. The number of carbonyl (C=O) groups is 1. The van der Waals surface area contributed by atoms with E-state index in [4.69, 9.17) is 11.6 Å². The van der Waals surface area contributed by atoms with Gasteiger partial charge in [-0.25, -0.2) is 4.98 Å². The van der Waals surface area contributed by atoms with Crippen LogP contribution >= 0.6 is 39.3 Å². The topological polar surface area (TPSA) is 42.0 Å². The monoisotopic (exact) mass is 356 g/mol. The molecule has 0 bridgehead atoms. The van der Waals surface area contributed by atoms with Gasteiger partial charge in [0.05, 0.1) is 21.9 Å². The zero-order chi connectivity index (χ0) is 13.8. The van der Waals surface area contributed by atoms with Crippen LogP contribution in [0.15, 0.2) is 45.9 Å². The average molecular weight is 358 g/mol. The first kappa shape index (κ1) is 14.4. The van der Waals surface area contributed by atoms with E-state index in [2.05, 4.69) is 26.2 Å². The Morgan fingerprint density at radius 3 is 2.84 bits per heavy atom. The predicted molar refractivity (Wildman–Crippen MR) is 83.1 cm³/mol. The highest BCUT2D eigenvalue weighted by Crippen LogP contribution is 2.24. The van der Waals surface area contributed by atoms with Crippen LogP contribution in [0.25, 0.3) is 0 Å². The van der Waals surface area contributed by atoms with E-state index in [1.807, 2.05) is 24.5 Å². The molecule has 0 saturated carbocycles. The number of benzene rings is 1. The summed E-state index contributed by atoms with van der Waals surface area (Å²) in [5.41, 5.74) is 1.23. The standard InChI is InChI=1S/C13H10BrClN2OS/c1-19-11-5-3-2-4-9(11)13(18)17-8-6-10(14)12(15)16-7-8/h2-7H,1H3,(H,17,18). The predicted octanol–water partition coefficient (Wildman–Crippen LogP) is 4.47. The van der Waals surface area contributed by atoms with E-state index in [9.17, 15) is 4.79 Å². The van der Waals surface area contributed by atoms with E-state index in [1.165, 1.54) is 18.0 Å². The third-order valence-electron chi connectivity index (χ3n) is 2.41. The van der Waals surface area contributed by atoms with Crippen LogP contribution in [0, 0.1) is 0 Å². The lowest BCUT2D eigenvalue weighted by atomic mass is 10.2. The van der Waals surface area contributed by atoms with Crippen molar-refractivity contribution in [1.29, 1.82) is 0 Å². The molecule has 1 aromatic heterocycles. The van der Waals surface area contributed by atoms with Gasteiger partial charge in [0, 0.05) is 4.90 Å². The van der Waals surface area contributed by atoms with Crippen molar-refractivity contribution >= 4 is 50.9 Å². The second kappa shape index (κ2) is 6.41. The lowest BCUT2D eigenvalue weighted by Crippen LogP contribution is -2.13. The Bertz CT molecular complexity index is 621. The molecule has 2 rings (SSSR count). The summed E-state index contributed by atoms with van der Waals surface area (Å²) in [5, 5.41) is 3.16. The Balaban J connectivity index is 2.23. The summed E-state index contributed by atoms with van der Waals surface area (Å²) >= 11 is 10.6. The molecular weight excluding hydrogens is 348 g/mol. The molecule has 0 aliphatic rings. The number of aromatic nitrogens is 1. The molecule has 1 aromatic carbocycles. The number of carbonyl (C=O) groups excluding carboxylic acids is 1. The van der Waals surface area contributed by atoms with Crippen LogP contribution in [-0.4, -0.2) is 17.1 Å². The molecule has 1 heterocycles. The van der Waals surface area contributed by atoms with Gasteiger partial charge in [0.25, 0.3) is 5.91 Å². The van der Waals surface area contributed by atoms with E-state index < -0.39 is 0 Å². The number of hydrogen-bond acceptors (Lipinski definition) is 3. The molecule has 0 spiro atoms. The van der Waals surface area contributed by atoms with E-state index in [-0.39, 0.29) is 5.91 Å². The summed E-state index contributed by atoms with van der Waals surface area (Å²) in [7, 11) is 0. The fraction of sp³-hybridized carbons (Fsp3) is 0.0769. The van der Waals surface area contributed by atoms with E-state index in [1.54, 1.807) is 12.1 Å². The first-order valence-electron chi connectivity index (χ1n) is 5.37. The van der Waals surface area contributed by atoms with Crippen molar-refractivity contribution in [2.75, 3.05) is 11.6 Å². The maximum Gasteiger partial charge on any atom is 0.256 e. The van der Waals surface area contributed by atoms with Crippen molar-refractivity contribution < 1.29 is 4.79 Å². The highest BCUT2D eigenvalue weighted by Gasteiger charge is 2.11. The first-order chi connectivity index (χ1) is 9.11. The van der Waals surface area contributed by atoms with Gasteiger partial charge in [-0.3, -0.25) is 4.79 Å². The molecule has 0 radical (unpaired) electrons. The minimum Gasteiger partial charge on any atom is -0.321 e. The van der Waals surface area contributed by atoms with E-state index in [0.717, 1.165) is 4.90 Å². The van der Waals surface area contributed by atoms with Crippen LogP contribution in [0.3, 0.4) is 0 Å². The molecule has 6 heteroatoms. The summed E-state index contributed by atoms with van der Waals surface area (Å²) < 4.78 is 0.644. The quantitative estimate of drug-likeness (QED) is 0.651. The zero-order valence-corrected chi connectivity index (χ0v) is 13.1. The number of thioether (sulfide) groups is 1. The normalized spacial score (nSPS) is 10.3. The molecular formula is C13H10BrClN2OS. The summed E-state index contributed by atoms with van der Waals surface area (Å²) in [5.74, 6) is -0.166. The molecule has 0 fully saturated rings. The molecule has 2 aromatic rings. The van der Waals surface area contributed by atoms with Crippen molar-refractivity contribution in [3.63, 3.8) is 0 Å². The van der Waals surface area contributed by atoms with Gasteiger partial charge >= 0.3 is 0 Å². The minimum absolute atomic E-state index is 0.166. The smallest absolute Gasteiger partial charge is 0.256 e. The van der Waals surface area contributed by atoms with Crippen molar-refractivity contribution in [2.24, 2.45) is 0 Å². The molecule has 0 aliphatic carbocycles. The molecule has 0 atom stereocenters. The fourth-order valence-electron chi connectivity index (χ4n) is 1.52. The summed E-state index contributed by atoms with van der Waals surface area (Å²) in [6.07, 6.45) is 3.46. The van der Waals surface area contributed by atoms with Crippen LogP contribution in [0.1, 0.15) is 10.4 Å². The lowest BCUT2D eigenvalue weighted by Gasteiger charge is -2.08.